The van der Waals surface area contributed by atoms with Gasteiger partial charge in [0, 0.05) is 18.0 Å². The van der Waals surface area contributed by atoms with Gasteiger partial charge in [0.1, 0.15) is 17.2 Å². The molecule has 0 atom stereocenters. The number of anilines is 1. The molecule has 2 aromatic heterocycles. The van der Waals surface area contributed by atoms with Crippen LogP contribution in [0.3, 0.4) is 0 Å². The lowest BCUT2D eigenvalue weighted by molar-refractivity contribution is 0.859. The molecule has 0 fully saturated rings. The fraction of sp³-hybridized carbons (Fsp3) is 0.300. The second-order valence-electron chi connectivity index (χ2n) is 3.29. The Morgan fingerprint density at radius 1 is 1.38 bits per heavy atom. The number of rotatable bonds is 4. The first-order chi connectivity index (χ1) is 7.81. The molecule has 3 N–H and O–H groups in total. The van der Waals surface area contributed by atoms with E-state index in [0.29, 0.717) is 5.82 Å². The third kappa shape index (κ3) is 2.33. The van der Waals surface area contributed by atoms with Gasteiger partial charge in [-0.25, -0.2) is 15.0 Å². The molecule has 0 bridgehead atoms. The topological polar surface area (TPSA) is 80.5 Å². The Balaban J connectivity index is 2.29. The number of H-pyrrole nitrogens is 1. The van der Waals surface area contributed by atoms with Crippen LogP contribution in [0.15, 0.2) is 28.9 Å². The largest absolute Gasteiger partial charge is 0.383 e. The minimum atomic E-state index is 0.561. The monoisotopic (exact) mass is 235 g/mol. The number of imidazole rings is 1. The van der Waals surface area contributed by atoms with Crippen LogP contribution in [0.2, 0.25) is 0 Å². The zero-order chi connectivity index (χ0) is 11.4. The maximum atomic E-state index is 5.84. The summed E-state index contributed by atoms with van der Waals surface area (Å²) in [5.41, 5.74) is 6.85. The van der Waals surface area contributed by atoms with Crippen LogP contribution in [0.4, 0.5) is 5.82 Å². The molecule has 0 saturated carbocycles. The molecule has 2 aromatic rings. The van der Waals surface area contributed by atoms with E-state index in [1.165, 1.54) is 18.1 Å². The maximum absolute atomic E-state index is 5.84. The lowest BCUT2D eigenvalue weighted by Gasteiger charge is -2.07. The minimum Gasteiger partial charge on any atom is -0.383 e. The van der Waals surface area contributed by atoms with E-state index in [0.717, 1.165) is 28.6 Å². The minimum absolute atomic E-state index is 0.561. The van der Waals surface area contributed by atoms with Gasteiger partial charge in [-0.2, -0.15) is 0 Å². The lowest BCUT2D eigenvalue weighted by Crippen LogP contribution is -2.01. The zero-order valence-electron chi connectivity index (χ0n) is 8.97. The van der Waals surface area contributed by atoms with E-state index in [-0.39, 0.29) is 0 Å². The number of nitrogen functional groups attached to an aromatic ring is 1. The molecule has 0 spiro atoms. The van der Waals surface area contributed by atoms with E-state index in [4.69, 9.17) is 5.73 Å². The highest BCUT2D eigenvalue weighted by atomic mass is 32.2. The lowest BCUT2D eigenvalue weighted by atomic mass is 10.2. The molecule has 5 nitrogen and oxygen atoms in total. The van der Waals surface area contributed by atoms with E-state index in [1.807, 2.05) is 0 Å². The Labute approximate surface area is 97.9 Å². The third-order valence-electron chi connectivity index (χ3n) is 2.11. The van der Waals surface area contributed by atoms with Crippen LogP contribution in [0, 0.1) is 0 Å². The Kier molecular flexibility index (Phi) is 3.40. The highest BCUT2D eigenvalue weighted by Crippen LogP contribution is 2.28. The molecule has 16 heavy (non-hydrogen) atoms. The third-order valence-corrected chi connectivity index (χ3v) is 3.07. The summed E-state index contributed by atoms with van der Waals surface area (Å²) in [5.74, 6) is 0.561. The van der Waals surface area contributed by atoms with Gasteiger partial charge in [0.25, 0.3) is 0 Å². The van der Waals surface area contributed by atoms with E-state index in [9.17, 15) is 0 Å². The van der Waals surface area contributed by atoms with Gasteiger partial charge in [0.2, 0.25) is 0 Å². The van der Waals surface area contributed by atoms with Crippen LogP contribution in [-0.4, -0.2) is 19.9 Å². The highest BCUT2D eigenvalue weighted by molar-refractivity contribution is 7.99. The van der Waals surface area contributed by atoms with Crippen LogP contribution in [0.1, 0.15) is 18.9 Å². The summed E-state index contributed by atoms with van der Waals surface area (Å²) < 4.78 is 0. The van der Waals surface area contributed by atoms with Crippen molar-refractivity contribution >= 4 is 17.6 Å². The van der Waals surface area contributed by atoms with Gasteiger partial charge < -0.3 is 10.7 Å². The normalized spacial score (nSPS) is 10.6. The first-order valence-electron chi connectivity index (χ1n) is 5.08. The van der Waals surface area contributed by atoms with Gasteiger partial charge in [0.15, 0.2) is 5.16 Å². The molecule has 0 aromatic carbocycles. The quantitative estimate of drug-likeness (QED) is 0.791. The number of aromatic amines is 1. The van der Waals surface area contributed by atoms with Crippen molar-refractivity contribution in [2.24, 2.45) is 0 Å². The van der Waals surface area contributed by atoms with Gasteiger partial charge in [-0.15, -0.1) is 0 Å². The molecule has 2 heterocycles. The standard InChI is InChI=1S/C10H13N5S/c1-2-3-7-8(11)14-6-15-9(7)16-10-12-4-5-13-10/h4-6H,2-3H2,1H3,(H,12,13)(H2,11,14,15). The van der Waals surface area contributed by atoms with Gasteiger partial charge in [-0.1, -0.05) is 13.3 Å². The summed E-state index contributed by atoms with van der Waals surface area (Å²) in [6, 6.07) is 0. The summed E-state index contributed by atoms with van der Waals surface area (Å²) in [6.45, 7) is 2.10. The van der Waals surface area contributed by atoms with E-state index in [1.54, 1.807) is 12.4 Å². The molecule has 0 saturated heterocycles. The zero-order valence-corrected chi connectivity index (χ0v) is 9.79. The van der Waals surface area contributed by atoms with Crippen molar-refractivity contribution in [1.29, 1.82) is 0 Å². The smallest absolute Gasteiger partial charge is 0.171 e. The highest BCUT2D eigenvalue weighted by Gasteiger charge is 2.10. The molecule has 0 amide bonds. The van der Waals surface area contributed by atoms with Crippen molar-refractivity contribution in [1.82, 2.24) is 19.9 Å². The fourth-order valence-electron chi connectivity index (χ4n) is 1.38. The van der Waals surface area contributed by atoms with Crippen molar-refractivity contribution in [2.45, 2.75) is 29.9 Å². The summed E-state index contributed by atoms with van der Waals surface area (Å²) in [6.07, 6.45) is 6.89. The Morgan fingerprint density at radius 2 is 2.25 bits per heavy atom. The van der Waals surface area contributed by atoms with Gasteiger partial charge in [-0.3, -0.25) is 0 Å². The molecule has 2 rings (SSSR count). The Hall–Kier alpha value is -1.56. The van der Waals surface area contributed by atoms with E-state index < -0.39 is 0 Å². The van der Waals surface area contributed by atoms with Crippen LogP contribution in [0.5, 0.6) is 0 Å². The molecule has 0 unspecified atom stereocenters. The molecule has 6 heteroatoms. The van der Waals surface area contributed by atoms with Crippen LogP contribution in [-0.2, 0) is 6.42 Å². The average Bonchev–Trinajstić information content (AvgIpc) is 2.76. The summed E-state index contributed by atoms with van der Waals surface area (Å²) >= 11 is 1.48. The van der Waals surface area contributed by atoms with Crippen LogP contribution in [0.25, 0.3) is 0 Å². The second-order valence-corrected chi connectivity index (χ2v) is 4.27. The average molecular weight is 235 g/mol. The first kappa shape index (κ1) is 10.9. The van der Waals surface area contributed by atoms with Gasteiger partial charge in [-0.05, 0) is 18.2 Å². The molecule has 0 aliphatic heterocycles. The molecular formula is C10H13N5S. The summed E-state index contributed by atoms with van der Waals surface area (Å²) in [5, 5.41) is 1.69. The van der Waals surface area contributed by atoms with Gasteiger partial charge in [0.05, 0.1) is 0 Å². The number of hydrogen-bond acceptors (Lipinski definition) is 5. The predicted octanol–water partition coefficient (Wildman–Crippen LogP) is 1.89. The van der Waals surface area contributed by atoms with E-state index in [2.05, 4.69) is 26.9 Å². The summed E-state index contributed by atoms with van der Waals surface area (Å²) in [7, 11) is 0. The van der Waals surface area contributed by atoms with E-state index >= 15 is 0 Å². The van der Waals surface area contributed by atoms with Crippen molar-refractivity contribution in [3.8, 4) is 0 Å². The number of nitrogens with two attached hydrogens (primary N) is 1. The molecular weight excluding hydrogens is 222 g/mol. The van der Waals surface area contributed by atoms with Crippen LogP contribution >= 0.6 is 11.8 Å². The maximum Gasteiger partial charge on any atom is 0.171 e. The van der Waals surface area contributed by atoms with Gasteiger partial charge >= 0.3 is 0 Å². The fourth-order valence-corrected chi connectivity index (χ4v) is 2.23. The number of nitrogens with one attached hydrogen (secondary N) is 1. The number of aromatic nitrogens is 4. The number of hydrogen-bond donors (Lipinski definition) is 2. The van der Waals surface area contributed by atoms with Crippen molar-refractivity contribution in [3.05, 3.63) is 24.3 Å². The summed E-state index contributed by atoms with van der Waals surface area (Å²) in [4.78, 5) is 15.4. The Bertz CT molecular complexity index is 454. The second kappa shape index (κ2) is 4.98. The van der Waals surface area contributed by atoms with Crippen molar-refractivity contribution in [2.75, 3.05) is 5.73 Å². The van der Waals surface area contributed by atoms with Crippen LogP contribution < -0.4 is 5.73 Å². The predicted molar refractivity (Wildman–Crippen MR) is 63.2 cm³/mol. The van der Waals surface area contributed by atoms with Crippen molar-refractivity contribution < 1.29 is 0 Å². The molecule has 0 aliphatic carbocycles. The molecule has 0 aliphatic rings. The number of nitrogens with zero attached hydrogens (tertiary/aromatic N) is 3. The molecule has 84 valence electrons. The SMILES string of the molecule is CCCc1c(N)ncnc1Sc1ncc[nH]1. The Morgan fingerprint density at radius 3 is 2.94 bits per heavy atom. The van der Waals surface area contributed by atoms with Crippen molar-refractivity contribution in [3.63, 3.8) is 0 Å². The molecule has 0 radical (unpaired) electrons. The first-order valence-corrected chi connectivity index (χ1v) is 5.89.